The molecule has 0 fully saturated rings. The van der Waals surface area contributed by atoms with Crippen LogP contribution in [0.15, 0.2) is 36.9 Å². The maximum Gasteiger partial charge on any atom is 0.140 e. The first-order chi connectivity index (χ1) is 5.75. The van der Waals surface area contributed by atoms with Crippen LogP contribution in [0.2, 0.25) is 0 Å². The number of hydrogen-bond acceptors (Lipinski definition) is 0. The summed E-state index contributed by atoms with van der Waals surface area (Å²) in [5.41, 5.74) is 3.93. The first kappa shape index (κ1) is 8.86. The van der Waals surface area contributed by atoms with E-state index < -0.39 is 0 Å². The molecule has 1 aromatic carbocycles. The van der Waals surface area contributed by atoms with E-state index in [1.807, 2.05) is 6.08 Å². The standard InChI is InChI=1S/C11H13B/c1-3-4-7-10-9(2)6-5-8-11(10)12/h3-8H,1,12H2,2H3/b7-4-. The van der Waals surface area contributed by atoms with Gasteiger partial charge in [-0.2, -0.15) is 0 Å². The lowest BCUT2D eigenvalue weighted by Crippen LogP contribution is -2.07. The Morgan fingerprint density at radius 3 is 2.75 bits per heavy atom. The van der Waals surface area contributed by atoms with Crippen LogP contribution >= 0.6 is 0 Å². The molecule has 0 amide bonds. The van der Waals surface area contributed by atoms with Crippen LogP contribution in [0.1, 0.15) is 11.1 Å². The van der Waals surface area contributed by atoms with Crippen molar-refractivity contribution in [1.29, 1.82) is 0 Å². The quantitative estimate of drug-likeness (QED) is 0.449. The lowest BCUT2D eigenvalue weighted by molar-refractivity contribution is 1.47. The van der Waals surface area contributed by atoms with Crippen molar-refractivity contribution in [2.75, 3.05) is 0 Å². The molecule has 0 atom stereocenters. The predicted octanol–water partition coefficient (Wildman–Crippen LogP) is 1.45. The number of rotatable bonds is 2. The van der Waals surface area contributed by atoms with Gasteiger partial charge in [0.15, 0.2) is 0 Å². The summed E-state index contributed by atoms with van der Waals surface area (Å²) in [6, 6.07) is 6.32. The van der Waals surface area contributed by atoms with Crippen LogP contribution in [0.25, 0.3) is 6.08 Å². The second-order valence-corrected chi connectivity index (χ2v) is 2.90. The van der Waals surface area contributed by atoms with Crippen molar-refractivity contribution in [2.45, 2.75) is 6.92 Å². The molecular formula is C11H13B. The van der Waals surface area contributed by atoms with Crippen molar-refractivity contribution in [3.05, 3.63) is 48.1 Å². The second kappa shape index (κ2) is 3.96. The highest BCUT2D eigenvalue weighted by Crippen LogP contribution is 2.05. The van der Waals surface area contributed by atoms with Crippen molar-refractivity contribution in [1.82, 2.24) is 0 Å². The largest absolute Gasteiger partial charge is 0.140 e. The number of hydrogen-bond donors (Lipinski definition) is 0. The fourth-order valence-corrected chi connectivity index (χ4v) is 1.25. The van der Waals surface area contributed by atoms with Gasteiger partial charge in [0.2, 0.25) is 0 Å². The summed E-state index contributed by atoms with van der Waals surface area (Å²) < 4.78 is 0. The van der Waals surface area contributed by atoms with Crippen LogP contribution < -0.4 is 5.46 Å². The third-order valence-corrected chi connectivity index (χ3v) is 1.94. The molecule has 1 aromatic rings. The highest BCUT2D eigenvalue weighted by Gasteiger charge is 1.95. The van der Waals surface area contributed by atoms with Crippen molar-refractivity contribution in [3.63, 3.8) is 0 Å². The van der Waals surface area contributed by atoms with Crippen molar-refractivity contribution >= 4 is 19.4 Å². The molecule has 60 valence electrons. The SMILES string of the molecule is Bc1cccc(C)c1/C=C\C=C. The van der Waals surface area contributed by atoms with Crippen LogP contribution in [0.4, 0.5) is 0 Å². The zero-order valence-electron chi connectivity index (χ0n) is 7.67. The van der Waals surface area contributed by atoms with Gasteiger partial charge in [-0.3, -0.25) is 0 Å². The number of allylic oxidation sites excluding steroid dienone is 2. The molecule has 0 unspecified atom stereocenters. The van der Waals surface area contributed by atoms with E-state index in [0.717, 1.165) is 0 Å². The Morgan fingerprint density at radius 1 is 1.42 bits per heavy atom. The number of benzene rings is 1. The first-order valence-corrected chi connectivity index (χ1v) is 4.11. The molecule has 0 saturated carbocycles. The molecule has 0 aliphatic rings. The van der Waals surface area contributed by atoms with Crippen LogP contribution in [0.3, 0.4) is 0 Å². The van der Waals surface area contributed by atoms with Gasteiger partial charge in [-0.1, -0.05) is 48.5 Å². The second-order valence-electron chi connectivity index (χ2n) is 2.90. The maximum atomic E-state index is 3.65. The Morgan fingerprint density at radius 2 is 2.17 bits per heavy atom. The fourth-order valence-electron chi connectivity index (χ4n) is 1.25. The van der Waals surface area contributed by atoms with E-state index in [9.17, 15) is 0 Å². The Hall–Kier alpha value is -1.24. The topological polar surface area (TPSA) is 0 Å². The van der Waals surface area contributed by atoms with Crippen LogP contribution in [-0.2, 0) is 0 Å². The number of aryl methyl sites for hydroxylation is 1. The lowest BCUT2D eigenvalue weighted by atomic mass is 9.88. The predicted molar refractivity (Wildman–Crippen MR) is 58.6 cm³/mol. The molecule has 0 aliphatic heterocycles. The molecule has 0 spiro atoms. The summed E-state index contributed by atoms with van der Waals surface area (Å²) in [5.74, 6) is 0. The zero-order chi connectivity index (χ0) is 8.97. The van der Waals surface area contributed by atoms with E-state index in [2.05, 4.69) is 45.6 Å². The van der Waals surface area contributed by atoms with Crippen LogP contribution in [0, 0.1) is 6.92 Å². The molecule has 1 heteroatoms. The van der Waals surface area contributed by atoms with Gasteiger partial charge in [0.05, 0.1) is 0 Å². The Kier molecular flexibility index (Phi) is 2.92. The molecule has 12 heavy (non-hydrogen) atoms. The monoisotopic (exact) mass is 156 g/mol. The third kappa shape index (κ3) is 1.88. The minimum atomic E-state index is 1.30. The Labute approximate surface area is 75.0 Å². The molecule has 0 nitrogen and oxygen atoms in total. The summed E-state index contributed by atoms with van der Waals surface area (Å²) in [5, 5.41) is 0. The van der Waals surface area contributed by atoms with Gasteiger partial charge in [-0.25, -0.2) is 0 Å². The Bertz CT molecular complexity index is 291. The molecule has 0 aliphatic carbocycles. The third-order valence-electron chi connectivity index (χ3n) is 1.94. The average molecular weight is 156 g/mol. The van der Waals surface area contributed by atoms with E-state index in [1.54, 1.807) is 6.08 Å². The molecule has 1 rings (SSSR count). The average Bonchev–Trinajstić information content (AvgIpc) is 2.04. The van der Waals surface area contributed by atoms with Gasteiger partial charge in [-0.15, -0.1) is 0 Å². The Balaban J connectivity index is 3.12. The van der Waals surface area contributed by atoms with Gasteiger partial charge in [-0.05, 0) is 18.1 Å². The van der Waals surface area contributed by atoms with E-state index in [4.69, 9.17) is 0 Å². The lowest BCUT2D eigenvalue weighted by Gasteiger charge is -2.03. The molecule has 0 bridgehead atoms. The minimum absolute atomic E-state index is 1.30. The molecular weight excluding hydrogens is 143 g/mol. The summed E-state index contributed by atoms with van der Waals surface area (Å²) in [6.07, 6.45) is 5.86. The van der Waals surface area contributed by atoms with Gasteiger partial charge >= 0.3 is 0 Å². The van der Waals surface area contributed by atoms with E-state index in [0.29, 0.717) is 0 Å². The van der Waals surface area contributed by atoms with Crippen molar-refractivity contribution in [3.8, 4) is 0 Å². The van der Waals surface area contributed by atoms with Crippen molar-refractivity contribution in [2.24, 2.45) is 0 Å². The smallest absolute Gasteiger partial charge is 0.0991 e. The van der Waals surface area contributed by atoms with Gasteiger partial charge in [0, 0.05) is 0 Å². The molecule has 0 heterocycles. The molecule has 0 saturated heterocycles. The summed E-state index contributed by atoms with van der Waals surface area (Å²) in [6.45, 7) is 5.77. The summed E-state index contributed by atoms with van der Waals surface area (Å²) in [7, 11) is 2.12. The zero-order valence-corrected chi connectivity index (χ0v) is 7.67. The van der Waals surface area contributed by atoms with Crippen molar-refractivity contribution < 1.29 is 0 Å². The maximum absolute atomic E-state index is 3.65. The fraction of sp³-hybridized carbons (Fsp3) is 0.0909. The molecule has 0 aromatic heterocycles. The van der Waals surface area contributed by atoms with E-state index >= 15 is 0 Å². The highest BCUT2D eigenvalue weighted by molar-refractivity contribution is 6.34. The van der Waals surface area contributed by atoms with E-state index in [-0.39, 0.29) is 0 Å². The van der Waals surface area contributed by atoms with Gasteiger partial charge < -0.3 is 0 Å². The summed E-state index contributed by atoms with van der Waals surface area (Å²) >= 11 is 0. The van der Waals surface area contributed by atoms with Crippen LogP contribution in [0.5, 0.6) is 0 Å². The van der Waals surface area contributed by atoms with Gasteiger partial charge in [0.25, 0.3) is 0 Å². The normalized spacial score (nSPS) is 10.4. The molecule has 0 N–H and O–H groups in total. The van der Waals surface area contributed by atoms with E-state index in [1.165, 1.54) is 16.6 Å². The first-order valence-electron chi connectivity index (χ1n) is 4.11. The minimum Gasteiger partial charge on any atom is -0.0991 e. The molecule has 0 radical (unpaired) electrons. The van der Waals surface area contributed by atoms with Crippen LogP contribution in [-0.4, -0.2) is 7.85 Å². The highest BCUT2D eigenvalue weighted by atomic mass is 14.0. The van der Waals surface area contributed by atoms with Gasteiger partial charge in [0.1, 0.15) is 7.85 Å². The summed E-state index contributed by atoms with van der Waals surface area (Å²) in [4.78, 5) is 0.